The molecule has 3 aliphatic rings. The smallest absolute Gasteiger partial charge is 0.377 e. The molecular formula is C29H33F3N6O4S2. The summed E-state index contributed by atoms with van der Waals surface area (Å²) in [5.74, 6) is -0.937. The maximum atomic E-state index is 14.2. The Kier molecular flexibility index (Phi) is 8.09. The number of hydrogen-bond donors (Lipinski definition) is 1. The van der Waals surface area contributed by atoms with Crippen LogP contribution in [0.5, 0.6) is 0 Å². The lowest BCUT2D eigenvalue weighted by molar-refractivity contribution is -0.137. The van der Waals surface area contributed by atoms with Crippen LogP contribution < -0.4 is 10.2 Å². The molecular weight excluding hydrogens is 617 g/mol. The van der Waals surface area contributed by atoms with Gasteiger partial charge in [-0.25, -0.2) is 18.4 Å². The lowest BCUT2D eigenvalue weighted by Gasteiger charge is -2.39. The van der Waals surface area contributed by atoms with Gasteiger partial charge >= 0.3 is 6.18 Å². The first-order valence-electron chi connectivity index (χ1n) is 14.4. The van der Waals surface area contributed by atoms with Gasteiger partial charge in [-0.1, -0.05) is 6.92 Å². The van der Waals surface area contributed by atoms with Crippen molar-refractivity contribution in [1.82, 2.24) is 19.8 Å². The Balaban J connectivity index is 1.35. The van der Waals surface area contributed by atoms with Crippen molar-refractivity contribution < 1.29 is 31.1 Å². The van der Waals surface area contributed by atoms with E-state index in [-0.39, 0.29) is 52.2 Å². The summed E-state index contributed by atoms with van der Waals surface area (Å²) in [7, 11) is -1.82. The number of thiophene rings is 1. The van der Waals surface area contributed by atoms with Crippen molar-refractivity contribution >= 4 is 44.4 Å². The normalized spacial score (nSPS) is 21.1. The Bertz CT molecular complexity index is 1690. The van der Waals surface area contributed by atoms with Crippen molar-refractivity contribution in [1.29, 1.82) is 0 Å². The zero-order valence-corrected chi connectivity index (χ0v) is 26.2. The van der Waals surface area contributed by atoms with Gasteiger partial charge in [0.2, 0.25) is 5.95 Å². The van der Waals surface area contributed by atoms with Crippen LogP contribution in [0.1, 0.15) is 34.6 Å². The standard InChI is InChI=1S/C29H33F3N6O4S2/c1-4-18-11-19(37-8-7-36(3)17(2)14-37)5-6-22(18)34-28-33-13-21(29(30,31)32)25(35-28)23-12-24-26(43-23)27(39)38(20-15-42-16-20)9-10-44(24,40)41/h5-6,11-13,17,20H,4,7-10,14-16H2,1-3H3,(H,33,34,35)/t17-/m1/s1. The fourth-order valence-corrected chi connectivity index (χ4v) is 8.53. The monoisotopic (exact) mass is 650 g/mol. The second-order valence-corrected chi connectivity index (χ2v) is 14.5. The number of piperazine rings is 1. The Morgan fingerprint density at radius 3 is 2.59 bits per heavy atom. The number of sulfone groups is 1. The number of carbonyl (C=O) groups excluding carboxylic acids is 1. The van der Waals surface area contributed by atoms with Gasteiger partial charge in [-0.3, -0.25) is 4.79 Å². The lowest BCUT2D eigenvalue weighted by Crippen LogP contribution is -2.52. The van der Waals surface area contributed by atoms with Gasteiger partial charge in [0.15, 0.2) is 9.84 Å². The number of fused-ring (bicyclic) bond motifs is 1. The fraction of sp³-hybridized carbons (Fsp3) is 0.483. The quantitative estimate of drug-likeness (QED) is 0.418. The molecule has 44 heavy (non-hydrogen) atoms. The highest BCUT2D eigenvalue weighted by atomic mass is 32.2. The summed E-state index contributed by atoms with van der Waals surface area (Å²) >= 11 is 0.701. The van der Waals surface area contributed by atoms with E-state index in [0.717, 1.165) is 37.0 Å². The summed E-state index contributed by atoms with van der Waals surface area (Å²) in [4.78, 5) is 27.2. The number of hydrogen-bond acceptors (Lipinski definition) is 10. The summed E-state index contributed by atoms with van der Waals surface area (Å²) in [5, 5.41) is 3.07. The number of aromatic nitrogens is 2. The third-order valence-electron chi connectivity index (χ3n) is 8.52. The van der Waals surface area contributed by atoms with Gasteiger partial charge in [0.05, 0.1) is 40.5 Å². The molecule has 0 bridgehead atoms. The molecule has 10 nitrogen and oxygen atoms in total. The van der Waals surface area contributed by atoms with Gasteiger partial charge < -0.3 is 24.8 Å². The second kappa shape index (κ2) is 11.6. The number of anilines is 3. The Morgan fingerprint density at radius 1 is 1.16 bits per heavy atom. The number of aryl methyl sites for hydroxylation is 1. The van der Waals surface area contributed by atoms with Crippen molar-refractivity contribution in [2.24, 2.45) is 0 Å². The maximum absolute atomic E-state index is 14.2. The van der Waals surface area contributed by atoms with E-state index in [4.69, 9.17) is 4.74 Å². The average Bonchev–Trinajstić information content (AvgIpc) is 3.38. The molecule has 236 valence electrons. The Morgan fingerprint density at radius 2 is 1.93 bits per heavy atom. The highest BCUT2D eigenvalue weighted by Gasteiger charge is 2.41. The molecule has 3 aromatic rings. The summed E-state index contributed by atoms with van der Waals surface area (Å²) < 4.78 is 73.9. The summed E-state index contributed by atoms with van der Waals surface area (Å²) in [6.07, 6.45) is -3.47. The van der Waals surface area contributed by atoms with Crippen LogP contribution in [0.4, 0.5) is 30.5 Å². The first-order valence-corrected chi connectivity index (χ1v) is 16.9. The van der Waals surface area contributed by atoms with Crippen LogP contribution in [0.3, 0.4) is 0 Å². The molecule has 15 heteroatoms. The lowest BCUT2D eigenvalue weighted by atomic mass is 10.1. The van der Waals surface area contributed by atoms with Crippen LogP contribution in [0.25, 0.3) is 10.6 Å². The van der Waals surface area contributed by atoms with Gasteiger partial charge in [-0.05, 0) is 50.2 Å². The zero-order valence-electron chi connectivity index (χ0n) is 24.5. The molecule has 0 spiro atoms. The number of carbonyl (C=O) groups is 1. The van der Waals surface area contributed by atoms with Gasteiger partial charge in [-0.15, -0.1) is 11.3 Å². The molecule has 1 atom stereocenters. The molecule has 2 saturated heterocycles. The van der Waals surface area contributed by atoms with Crippen molar-refractivity contribution in [2.75, 3.05) is 62.4 Å². The van der Waals surface area contributed by atoms with Gasteiger partial charge in [0.25, 0.3) is 5.91 Å². The number of rotatable bonds is 6. The number of nitrogens with zero attached hydrogens (tertiary/aromatic N) is 5. The highest BCUT2D eigenvalue weighted by molar-refractivity contribution is 7.91. The molecule has 3 aliphatic heterocycles. The number of nitrogens with one attached hydrogen (secondary N) is 1. The molecule has 0 unspecified atom stereocenters. The Hall–Kier alpha value is -3.27. The largest absolute Gasteiger partial charge is 0.420 e. The predicted molar refractivity (Wildman–Crippen MR) is 161 cm³/mol. The molecule has 6 rings (SSSR count). The molecule has 5 heterocycles. The van der Waals surface area contributed by atoms with Crippen molar-refractivity contribution in [3.63, 3.8) is 0 Å². The number of amides is 1. The van der Waals surface area contributed by atoms with Crippen molar-refractivity contribution in [2.45, 2.75) is 43.4 Å². The minimum atomic E-state index is -4.82. The SMILES string of the molecule is CCc1cc(N2CCN(C)[C@H](C)C2)ccc1Nc1ncc(C(F)(F)F)c(-c2cc3c(s2)C(=O)N(C2COC2)CCS3(=O)=O)n1. The molecule has 0 aliphatic carbocycles. The van der Waals surface area contributed by atoms with Gasteiger partial charge in [0.1, 0.15) is 10.4 Å². The highest BCUT2D eigenvalue weighted by Crippen LogP contribution is 2.42. The predicted octanol–water partition coefficient (Wildman–Crippen LogP) is 4.30. The number of alkyl halides is 3. The summed E-state index contributed by atoms with van der Waals surface area (Å²) in [5.41, 5.74) is 1.05. The van der Waals surface area contributed by atoms with E-state index < -0.39 is 33.2 Å². The first-order chi connectivity index (χ1) is 20.9. The molecule has 2 fully saturated rings. The van der Waals surface area contributed by atoms with E-state index in [9.17, 15) is 26.4 Å². The maximum Gasteiger partial charge on any atom is 0.420 e. The molecule has 0 saturated carbocycles. The van der Waals surface area contributed by atoms with E-state index in [2.05, 4.69) is 45.1 Å². The average molecular weight is 651 g/mol. The second-order valence-electron chi connectivity index (χ2n) is 11.4. The minimum absolute atomic E-state index is 0.00626. The van der Waals surface area contributed by atoms with Crippen LogP contribution in [0.2, 0.25) is 0 Å². The zero-order chi connectivity index (χ0) is 31.4. The van der Waals surface area contributed by atoms with Crippen LogP contribution in [0, 0.1) is 0 Å². The van der Waals surface area contributed by atoms with Crippen LogP contribution in [0.15, 0.2) is 35.4 Å². The molecule has 1 N–H and O–H groups in total. The van der Waals surface area contributed by atoms with Crippen LogP contribution in [-0.4, -0.2) is 98.4 Å². The van der Waals surface area contributed by atoms with Crippen molar-refractivity contribution in [3.8, 4) is 10.6 Å². The van der Waals surface area contributed by atoms with E-state index in [1.165, 1.54) is 4.90 Å². The molecule has 1 aromatic carbocycles. The van der Waals surface area contributed by atoms with Crippen LogP contribution >= 0.6 is 11.3 Å². The Labute approximate surface area is 257 Å². The third-order valence-corrected chi connectivity index (χ3v) is 11.5. The number of ether oxygens (including phenoxy) is 1. The van der Waals surface area contributed by atoms with Crippen LogP contribution in [-0.2, 0) is 27.2 Å². The topological polar surface area (TPSA) is 108 Å². The first kappa shape index (κ1) is 30.7. The third kappa shape index (κ3) is 5.77. The van der Waals surface area contributed by atoms with E-state index in [1.54, 1.807) is 0 Å². The van der Waals surface area contributed by atoms with E-state index in [1.807, 2.05) is 19.1 Å². The summed E-state index contributed by atoms with van der Waals surface area (Å²) in [6.45, 7) is 7.44. The fourth-order valence-electron chi connectivity index (χ4n) is 5.62. The number of likely N-dealkylation sites (N-methyl/N-ethyl adjacent to an activating group) is 1. The minimum Gasteiger partial charge on any atom is -0.377 e. The molecule has 0 radical (unpaired) electrons. The molecule has 1 amide bonds. The summed E-state index contributed by atoms with van der Waals surface area (Å²) in [6, 6.07) is 7.17. The van der Waals surface area contributed by atoms with E-state index in [0.29, 0.717) is 35.7 Å². The van der Waals surface area contributed by atoms with E-state index >= 15 is 0 Å². The van der Waals surface area contributed by atoms with Gasteiger partial charge in [0, 0.05) is 49.8 Å². The van der Waals surface area contributed by atoms with Gasteiger partial charge in [-0.2, -0.15) is 13.2 Å². The number of halogens is 3. The molecule has 2 aromatic heterocycles. The van der Waals surface area contributed by atoms with Crippen molar-refractivity contribution in [3.05, 3.63) is 46.5 Å². The number of benzene rings is 1.